The van der Waals surface area contributed by atoms with Gasteiger partial charge in [-0.3, -0.25) is 4.79 Å². The first-order chi connectivity index (χ1) is 13.6. The van der Waals surface area contributed by atoms with E-state index in [-0.39, 0.29) is 5.91 Å². The molecule has 0 aliphatic heterocycles. The van der Waals surface area contributed by atoms with Crippen LogP contribution >= 0.6 is 15.9 Å². The summed E-state index contributed by atoms with van der Waals surface area (Å²) in [7, 11) is 0. The summed E-state index contributed by atoms with van der Waals surface area (Å²) in [6.45, 7) is 2.56. The molecule has 2 nitrogen and oxygen atoms in total. The highest BCUT2D eigenvalue weighted by atomic mass is 79.9. The average Bonchev–Trinajstić information content (AvgIpc) is 2.73. The number of hydrogen-bond acceptors (Lipinski definition) is 1. The fourth-order valence-electron chi connectivity index (χ4n) is 3.33. The molecule has 0 atom stereocenters. The van der Waals surface area contributed by atoms with E-state index < -0.39 is 0 Å². The standard InChI is InChI=1S/C25H20BrNO/c1-18-9-15-22(16-10-18)27(17-19-11-13-21(26)14-12-19)25(28)24-8-4-6-20-5-2-3-7-23(20)24/h2-16H,17H2,1H3. The van der Waals surface area contributed by atoms with E-state index in [9.17, 15) is 4.79 Å². The zero-order valence-electron chi connectivity index (χ0n) is 15.6. The minimum Gasteiger partial charge on any atom is -0.304 e. The van der Waals surface area contributed by atoms with Crippen molar-refractivity contribution in [3.05, 3.63) is 112 Å². The third kappa shape index (κ3) is 3.85. The Balaban J connectivity index is 1.78. The van der Waals surface area contributed by atoms with Crippen LogP contribution in [0.15, 0.2) is 95.5 Å². The van der Waals surface area contributed by atoms with Gasteiger partial charge in [0.25, 0.3) is 5.91 Å². The van der Waals surface area contributed by atoms with Crippen molar-refractivity contribution in [2.45, 2.75) is 13.5 Å². The fraction of sp³-hybridized carbons (Fsp3) is 0.0800. The lowest BCUT2D eigenvalue weighted by Gasteiger charge is -2.24. The molecule has 0 saturated heterocycles. The van der Waals surface area contributed by atoms with Crippen molar-refractivity contribution in [1.82, 2.24) is 0 Å². The average molecular weight is 430 g/mol. The lowest BCUT2D eigenvalue weighted by atomic mass is 10.0. The van der Waals surface area contributed by atoms with Gasteiger partial charge >= 0.3 is 0 Å². The molecule has 1 amide bonds. The number of anilines is 1. The summed E-state index contributed by atoms with van der Waals surface area (Å²) in [5.74, 6) is 0.00331. The van der Waals surface area contributed by atoms with E-state index in [4.69, 9.17) is 0 Å². The lowest BCUT2D eigenvalue weighted by molar-refractivity contribution is 0.0986. The second-order valence-electron chi connectivity index (χ2n) is 6.88. The number of carbonyl (C=O) groups excluding carboxylic acids is 1. The normalized spacial score (nSPS) is 10.8. The van der Waals surface area contributed by atoms with E-state index in [1.165, 1.54) is 5.56 Å². The van der Waals surface area contributed by atoms with Crippen molar-refractivity contribution < 1.29 is 4.79 Å². The van der Waals surface area contributed by atoms with Crippen molar-refractivity contribution in [2.24, 2.45) is 0 Å². The lowest BCUT2D eigenvalue weighted by Crippen LogP contribution is -2.30. The monoisotopic (exact) mass is 429 g/mol. The van der Waals surface area contributed by atoms with E-state index in [1.807, 2.05) is 95.9 Å². The Hall–Kier alpha value is -2.91. The van der Waals surface area contributed by atoms with Crippen LogP contribution in [-0.2, 0) is 6.54 Å². The third-order valence-corrected chi connectivity index (χ3v) is 5.39. The summed E-state index contributed by atoms with van der Waals surface area (Å²) >= 11 is 3.48. The van der Waals surface area contributed by atoms with Crippen molar-refractivity contribution in [1.29, 1.82) is 0 Å². The zero-order chi connectivity index (χ0) is 19.5. The number of halogens is 1. The van der Waals surface area contributed by atoms with Crippen LogP contribution in [0.3, 0.4) is 0 Å². The number of amides is 1. The molecule has 0 bridgehead atoms. The van der Waals surface area contributed by atoms with Crippen LogP contribution in [0.2, 0.25) is 0 Å². The molecule has 0 saturated carbocycles. The maximum atomic E-state index is 13.6. The Bertz CT molecular complexity index is 1110. The second kappa shape index (κ2) is 7.99. The van der Waals surface area contributed by atoms with Gasteiger partial charge in [-0.25, -0.2) is 0 Å². The van der Waals surface area contributed by atoms with Crippen LogP contribution in [-0.4, -0.2) is 5.91 Å². The minimum atomic E-state index is 0.00331. The van der Waals surface area contributed by atoms with Gasteiger partial charge in [0.2, 0.25) is 0 Å². The second-order valence-corrected chi connectivity index (χ2v) is 7.80. The van der Waals surface area contributed by atoms with Crippen LogP contribution in [0.1, 0.15) is 21.5 Å². The van der Waals surface area contributed by atoms with Crippen LogP contribution in [0, 0.1) is 6.92 Å². The molecule has 0 aliphatic rings. The third-order valence-electron chi connectivity index (χ3n) is 4.86. The predicted molar refractivity (Wildman–Crippen MR) is 120 cm³/mol. The fourth-order valence-corrected chi connectivity index (χ4v) is 3.60. The molecule has 4 aromatic carbocycles. The zero-order valence-corrected chi connectivity index (χ0v) is 17.2. The molecular weight excluding hydrogens is 410 g/mol. The van der Waals surface area contributed by atoms with Crippen molar-refractivity contribution >= 4 is 38.3 Å². The maximum Gasteiger partial charge on any atom is 0.259 e. The molecule has 3 heteroatoms. The highest BCUT2D eigenvalue weighted by molar-refractivity contribution is 9.10. The molecule has 0 aromatic heterocycles. The van der Waals surface area contributed by atoms with E-state index in [0.29, 0.717) is 6.54 Å². The number of carbonyl (C=O) groups is 1. The molecule has 4 rings (SSSR count). The van der Waals surface area contributed by atoms with Gasteiger partial charge in [-0.15, -0.1) is 0 Å². The SMILES string of the molecule is Cc1ccc(N(Cc2ccc(Br)cc2)C(=O)c2cccc3ccccc23)cc1. The highest BCUT2D eigenvalue weighted by Crippen LogP contribution is 2.25. The van der Waals surface area contributed by atoms with E-state index in [2.05, 4.69) is 22.9 Å². The van der Waals surface area contributed by atoms with E-state index in [0.717, 1.165) is 32.1 Å². The van der Waals surface area contributed by atoms with Gasteiger partial charge in [-0.05, 0) is 53.6 Å². The summed E-state index contributed by atoms with van der Waals surface area (Å²) < 4.78 is 1.03. The quantitative estimate of drug-likeness (QED) is 0.350. The molecule has 0 fully saturated rings. The summed E-state index contributed by atoms with van der Waals surface area (Å²) in [5, 5.41) is 2.05. The molecule has 0 radical (unpaired) electrons. The summed E-state index contributed by atoms with van der Waals surface area (Å²) in [5.41, 5.74) is 3.87. The molecule has 4 aromatic rings. The Morgan fingerprint density at radius 1 is 0.821 bits per heavy atom. The number of aryl methyl sites for hydroxylation is 1. The Kier molecular flexibility index (Phi) is 5.27. The smallest absolute Gasteiger partial charge is 0.259 e. The van der Waals surface area contributed by atoms with Gasteiger partial charge < -0.3 is 4.90 Å². The van der Waals surface area contributed by atoms with Crippen molar-refractivity contribution in [3.63, 3.8) is 0 Å². The van der Waals surface area contributed by atoms with Crippen molar-refractivity contribution in [2.75, 3.05) is 4.90 Å². The first-order valence-electron chi connectivity index (χ1n) is 9.22. The van der Waals surface area contributed by atoms with Crippen LogP contribution in [0.5, 0.6) is 0 Å². The minimum absolute atomic E-state index is 0.00331. The molecule has 0 unspecified atom stereocenters. The summed E-state index contributed by atoms with van der Waals surface area (Å²) in [4.78, 5) is 15.5. The Labute approximate surface area is 173 Å². The van der Waals surface area contributed by atoms with Gasteiger partial charge in [0.1, 0.15) is 0 Å². The van der Waals surface area contributed by atoms with Gasteiger partial charge in [0, 0.05) is 15.7 Å². The largest absolute Gasteiger partial charge is 0.304 e. The van der Waals surface area contributed by atoms with Crippen molar-refractivity contribution in [3.8, 4) is 0 Å². The van der Waals surface area contributed by atoms with E-state index >= 15 is 0 Å². The molecule has 28 heavy (non-hydrogen) atoms. The van der Waals surface area contributed by atoms with Crippen LogP contribution < -0.4 is 4.90 Å². The first kappa shape index (κ1) is 18.5. The molecule has 138 valence electrons. The number of benzene rings is 4. The van der Waals surface area contributed by atoms with Gasteiger partial charge in [-0.1, -0.05) is 82.2 Å². The number of nitrogens with zero attached hydrogens (tertiary/aromatic N) is 1. The van der Waals surface area contributed by atoms with Crippen LogP contribution in [0.4, 0.5) is 5.69 Å². The van der Waals surface area contributed by atoms with Gasteiger partial charge in [-0.2, -0.15) is 0 Å². The Morgan fingerprint density at radius 3 is 2.25 bits per heavy atom. The molecule has 0 aliphatic carbocycles. The topological polar surface area (TPSA) is 20.3 Å². The molecule has 0 heterocycles. The first-order valence-corrected chi connectivity index (χ1v) is 10.0. The number of fused-ring (bicyclic) bond motifs is 1. The predicted octanol–water partition coefficient (Wildman–Crippen LogP) is 6.76. The summed E-state index contributed by atoms with van der Waals surface area (Å²) in [6.07, 6.45) is 0. The number of rotatable bonds is 4. The van der Waals surface area contributed by atoms with Gasteiger partial charge in [0.15, 0.2) is 0 Å². The molecule has 0 N–H and O–H groups in total. The maximum absolute atomic E-state index is 13.6. The van der Waals surface area contributed by atoms with Gasteiger partial charge in [0.05, 0.1) is 6.54 Å². The molecular formula is C25H20BrNO. The van der Waals surface area contributed by atoms with E-state index in [1.54, 1.807) is 0 Å². The summed E-state index contributed by atoms with van der Waals surface area (Å²) in [6, 6.07) is 30.1. The molecule has 0 spiro atoms. The highest BCUT2D eigenvalue weighted by Gasteiger charge is 2.20. The number of hydrogen-bond donors (Lipinski definition) is 0. The Morgan fingerprint density at radius 2 is 1.50 bits per heavy atom. The van der Waals surface area contributed by atoms with Crippen LogP contribution in [0.25, 0.3) is 10.8 Å².